The van der Waals surface area contributed by atoms with Crippen molar-refractivity contribution in [3.8, 4) is 0 Å². The van der Waals surface area contributed by atoms with Gasteiger partial charge in [-0.2, -0.15) is 13.1 Å². The van der Waals surface area contributed by atoms with Crippen LogP contribution < -0.4 is 14.8 Å². The van der Waals surface area contributed by atoms with E-state index in [4.69, 9.17) is 5.73 Å². The van der Waals surface area contributed by atoms with Crippen LogP contribution in [0.2, 0.25) is 0 Å². The van der Waals surface area contributed by atoms with Crippen molar-refractivity contribution in [2.75, 3.05) is 23.9 Å². The van der Waals surface area contributed by atoms with E-state index in [9.17, 15) is 8.42 Å². The van der Waals surface area contributed by atoms with Crippen LogP contribution in [-0.2, 0) is 10.2 Å². The molecule has 0 aliphatic rings. The molecule has 0 radical (unpaired) electrons. The molecule has 0 heterocycles. The molecular formula is C13H23N3O2S. The molecule has 0 spiro atoms. The summed E-state index contributed by atoms with van der Waals surface area (Å²) < 4.78 is 28.5. The number of nitrogens with two attached hydrogens (primary N) is 1. The van der Waals surface area contributed by atoms with Gasteiger partial charge in [-0.15, -0.1) is 0 Å². The fourth-order valence-corrected chi connectivity index (χ4v) is 3.03. The van der Waals surface area contributed by atoms with E-state index in [-0.39, 0.29) is 0 Å². The van der Waals surface area contributed by atoms with Gasteiger partial charge in [-0.1, -0.05) is 24.6 Å². The zero-order chi connectivity index (χ0) is 14.3. The van der Waals surface area contributed by atoms with Crippen molar-refractivity contribution in [2.45, 2.75) is 26.7 Å². The number of nitrogens with one attached hydrogen (secondary N) is 1. The minimum atomic E-state index is -3.49. The van der Waals surface area contributed by atoms with Crippen LogP contribution in [0.1, 0.15) is 25.3 Å². The van der Waals surface area contributed by atoms with Gasteiger partial charge in [0, 0.05) is 13.1 Å². The van der Waals surface area contributed by atoms with Crippen molar-refractivity contribution in [2.24, 2.45) is 5.73 Å². The first-order valence-corrected chi connectivity index (χ1v) is 7.99. The second-order valence-electron chi connectivity index (χ2n) is 4.45. The first-order valence-electron chi connectivity index (χ1n) is 6.55. The monoisotopic (exact) mass is 285 g/mol. The standard InChI is InChI=1S/C13H23N3O2S/c1-3-10-15-19(17,18)16(11-4-9-14)13-7-5-12(2)6-8-13/h5-8,15H,3-4,9-11,14H2,1-2H3. The number of aryl methyl sites for hydroxylation is 1. The summed E-state index contributed by atoms with van der Waals surface area (Å²) >= 11 is 0. The lowest BCUT2D eigenvalue weighted by atomic mass is 10.2. The van der Waals surface area contributed by atoms with Crippen molar-refractivity contribution in [1.82, 2.24) is 4.72 Å². The molecule has 0 aliphatic heterocycles. The molecule has 1 aromatic rings. The van der Waals surface area contributed by atoms with Crippen molar-refractivity contribution in [3.63, 3.8) is 0 Å². The molecule has 0 aliphatic carbocycles. The lowest BCUT2D eigenvalue weighted by molar-refractivity contribution is 0.574. The number of rotatable bonds is 8. The third-order valence-corrected chi connectivity index (χ3v) is 4.25. The van der Waals surface area contributed by atoms with Gasteiger partial charge in [-0.25, -0.2) is 0 Å². The molecule has 0 bridgehead atoms. The van der Waals surface area contributed by atoms with Gasteiger partial charge in [-0.3, -0.25) is 4.31 Å². The summed E-state index contributed by atoms with van der Waals surface area (Å²) in [7, 11) is -3.49. The predicted octanol–water partition coefficient (Wildman–Crippen LogP) is 1.39. The predicted molar refractivity (Wildman–Crippen MR) is 79.4 cm³/mol. The maximum Gasteiger partial charge on any atom is 0.301 e. The maximum absolute atomic E-state index is 12.3. The Hall–Kier alpha value is -1.11. The molecule has 5 nitrogen and oxygen atoms in total. The van der Waals surface area contributed by atoms with Gasteiger partial charge >= 0.3 is 10.2 Å². The third-order valence-electron chi connectivity index (χ3n) is 2.71. The normalized spacial score (nSPS) is 11.5. The van der Waals surface area contributed by atoms with E-state index in [0.29, 0.717) is 31.7 Å². The zero-order valence-electron chi connectivity index (χ0n) is 11.6. The van der Waals surface area contributed by atoms with E-state index in [0.717, 1.165) is 12.0 Å². The summed E-state index contributed by atoms with van der Waals surface area (Å²) in [5.74, 6) is 0. The van der Waals surface area contributed by atoms with Crippen LogP contribution in [-0.4, -0.2) is 28.1 Å². The minimum Gasteiger partial charge on any atom is -0.330 e. The molecule has 0 fully saturated rings. The Bertz CT molecular complexity index is 471. The Morgan fingerprint density at radius 3 is 2.42 bits per heavy atom. The average molecular weight is 285 g/mol. The number of nitrogens with zero attached hydrogens (tertiary/aromatic N) is 1. The Balaban J connectivity index is 2.96. The molecule has 3 N–H and O–H groups in total. The molecule has 1 rings (SSSR count). The SMILES string of the molecule is CCCNS(=O)(=O)N(CCCN)c1ccc(C)cc1. The van der Waals surface area contributed by atoms with E-state index in [1.54, 1.807) is 0 Å². The second kappa shape index (κ2) is 7.47. The molecule has 6 heteroatoms. The fraction of sp³-hybridized carbons (Fsp3) is 0.538. The molecule has 108 valence electrons. The van der Waals surface area contributed by atoms with Crippen molar-refractivity contribution in [1.29, 1.82) is 0 Å². The van der Waals surface area contributed by atoms with Gasteiger partial charge in [0.25, 0.3) is 0 Å². The van der Waals surface area contributed by atoms with Gasteiger partial charge < -0.3 is 5.73 Å². The molecule has 0 saturated heterocycles. The lowest BCUT2D eigenvalue weighted by Crippen LogP contribution is -2.42. The number of anilines is 1. The van der Waals surface area contributed by atoms with Crippen LogP contribution in [0, 0.1) is 6.92 Å². The smallest absolute Gasteiger partial charge is 0.301 e. The highest BCUT2D eigenvalue weighted by atomic mass is 32.2. The van der Waals surface area contributed by atoms with E-state index in [2.05, 4.69) is 4.72 Å². The van der Waals surface area contributed by atoms with E-state index in [1.807, 2.05) is 38.1 Å². The Labute approximate surface area is 116 Å². The summed E-state index contributed by atoms with van der Waals surface area (Å²) in [6.07, 6.45) is 1.39. The summed E-state index contributed by atoms with van der Waals surface area (Å²) in [4.78, 5) is 0. The van der Waals surface area contributed by atoms with E-state index < -0.39 is 10.2 Å². The molecular weight excluding hydrogens is 262 g/mol. The molecule has 0 unspecified atom stereocenters. The van der Waals surface area contributed by atoms with Crippen LogP contribution in [0.3, 0.4) is 0 Å². The van der Waals surface area contributed by atoms with Gasteiger partial charge in [0.15, 0.2) is 0 Å². The first kappa shape index (κ1) is 15.9. The molecule has 1 aromatic carbocycles. The van der Waals surface area contributed by atoms with Crippen LogP contribution in [0.15, 0.2) is 24.3 Å². The largest absolute Gasteiger partial charge is 0.330 e. The Morgan fingerprint density at radius 1 is 1.26 bits per heavy atom. The molecule has 0 atom stereocenters. The highest BCUT2D eigenvalue weighted by Crippen LogP contribution is 2.18. The van der Waals surface area contributed by atoms with E-state index in [1.165, 1.54) is 4.31 Å². The number of benzene rings is 1. The number of hydrogen-bond acceptors (Lipinski definition) is 3. The zero-order valence-corrected chi connectivity index (χ0v) is 12.4. The van der Waals surface area contributed by atoms with Crippen molar-refractivity contribution >= 4 is 15.9 Å². The maximum atomic E-state index is 12.3. The van der Waals surface area contributed by atoms with Crippen molar-refractivity contribution < 1.29 is 8.42 Å². The summed E-state index contributed by atoms with van der Waals surface area (Å²) in [5, 5.41) is 0. The van der Waals surface area contributed by atoms with E-state index >= 15 is 0 Å². The molecule has 0 amide bonds. The number of hydrogen-bond donors (Lipinski definition) is 2. The third kappa shape index (κ3) is 4.81. The topological polar surface area (TPSA) is 75.4 Å². The van der Waals surface area contributed by atoms with Crippen LogP contribution in [0.4, 0.5) is 5.69 Å². The van der Waals surface area contributed by atoms with Gasteiger partial charge in [0.1, 0.15) is 0 Å². The minimum absolute atomic E-state index is 0.388. The highest BCUT2D eigenvalue weighted by Gasteiger charge is 2.20. The van der Waals surface area contributed by atoms with Crippen LogP contribution in [0.5, 0.6) is 0 Å². The lowest BCUT2D eigenvalue weighted by Gasteiger charge is -2.24. The molecule has 0 saturated carbocycles. The van der Waals surface area contributed by atoms with Crippen molar-refractivity contribution in [3.05, 3.63) is 29.8 Å². The summed E-state index contributed by atoms with van der Waals surface area (Å²) in [6.45, 7) is 5.19. The highest BCUT2D eigenvalue weighted by molar-refractivity contribution is 7.90. The van der Waals surface area contributed by atoms with Gasteiger partial charge in [-0.05, 0) is 38.4 Å². The van der Waals surface area contributed by atoms with Gasteiger partial charge in [0.2, 0.25) is 0 Å². The van der Waals surface area contributed by atoms with Crippen LogP contribution in [0.25, 0.3) is 0 Å². The Morgan fingerprint density at radius 2 is 1.89 bits per heavy atom. The Kier molecular flexibility index (Phi) is 6.27. The average Bonchev–Trinajstić information content (AvgIpc) is 2.39. The summed E-state index contributed by atoms with van der Waals surface area (Å²) in [5.41, 5.74) is 7.25. The summed E-state index contributed by atoms with van der Waals surface area (Å²) in [6, 6.07) is 7.44. The van der Waals surface area contributed by atoms with Crippen LogP contribution >= 0.6 is 0 Å². The quantitative estimate of drug-likeness (QED) is 0.758. The fourth-order valence-electron chi connectivity index (χ4n) is 1.64. The second-order valence-corrected chi connectivity index (χ2v) is 6.13. The van der Waals surface area contributed by atoms with Gasteiger partial charge in [0.05, 0.1) is 5.69 Å². The first-order chi connectivity index (χ1) is 9.01. The molecule has 0 aromatic heterocycles. The molecule has 19 heavy (non-hydrogen) atoms.